The fraction of sp³-hybridized carbons (Fsp3) is 0.250. The minimum atomic E-state index is 0.577. The van der Waals surface area contributed by atoms with Gasteiger partial charge in [-0.15, -0.1) is 23.5 Å². The molecule has 0 saturated carbocycles. The molecule has 1 nitrogen and oxygen atoms in total. The zero-order valence-corrected chi connectivity index (χ0v) is 13.8. The summed E-state index contributed by atoms with van der Waals surface area (Å²) in [6.07, 6.45) is 0. The number of nitrogens with two attached hydrogens (primary N) is 1. The first-order valence-electron chi connectivity index (χ1n) is 6.57. The molecule has 2 aromatic carbocycles. The van der Waals surface area contributed by atoms with E-state index in [-0.39, 0.29) is 0 Å². The summed E-state index contributed by atoms with van der Waals surface area (Å²) in [5, 5.41) is 0.827. The molecule has 0 bridgehead atoms. The second-order valence-corrected chi connectivity index (χ2v) is 6.98. The van der Waals surface area contributed by atoms with Gasteiger partial charge in [-0.3, -0.25) is 0 Å². The van der Waals surface area contributed by atoms with Gasteiger partial charge in [-0.25, -0.2) is 0 Å². The molecule has 106 valence electrons. The molecule has 0 saturated heterocycles. The molecule has 0 radical (unpaired) electrons. The third kappa shape index (κ3) is 3.95. The second-order valence-electron chi connectivity index (χ2n) is 4.25. The molecule has 0 aliphatic heterocycles. The first kappa shape index (κ1) is 15.8. The minimum Gasteiger partial charge on any atom is -0.326 e. The van der Waals surface area contributed by atoms with Crippen LogP contribution in [-0.4, -0.2) is 5.75 Å². The van der Waals surface area contributed by atoms with Crippen LogP contribution in [0.4, 0.5) is 0 Å². The molecule has 20 heavy (non-hydrogen) atoms. The summed E-state index contributed by atoms with van der Waals surface area (Å²) >= 11 is 9.85. The van der Waals surface area contributed by atoms with E-state index in [2.05, 4.69) is 31.2 Å². The van der Waals surface area contributed by atoms with E-state index in [1.54, 1.807) is 11.8 Å². The number of hydrogen-bond acceptors (Lipinski definition) is 3. The summed E-state index contributed by atoms with van der Waals surface area (Å²) in [5.74, 6) is 1.93. The van der Waals surface area contributed by atoms with Crippen molar-refractivity contribution in [3.05, 3.63) is 58.6 Å². The fourth-order valence-corrected chi connectivity index (χ4v) is 4.25. The molecular weight excluding hydrogens is 306 g/mol. The zero-order chi connectivity index (χ0) is 14.4. The molecule has 0 atom stereocenters. The lowest BCUT2D eigenvalue weighted by atomic mass is 10.2. The van der Waals surface area contributed by atoms with Gasteiger partial charge >= 0.3 is 0 Å². The molecular formula is C16H18ClNS2. The first-order chi connectivity index (χ1) is 9.76. The topological polar surface area (TPSA) is 26.0 Å². The minimum absolute atomic E-state index is 0.577. The van der Waals surface area contributed by atoms with E-state index in [9.17, 15) is 0 Å². The summed E-state index contributed by atoms with van der Waals surface area (Å²) < 4.78 is 0. The van der Waals surface area contributed by atoms with Crippen LogP contribution < -0.4 is 5.73 Å². The second kappa shape index (κ2) is 7.99. The van der Waals surface area contributed by atoms with Crippen molar-refractivity contribution in [2.24, 2.45) is 5.73 Å². The van der Waals surface area contributed by atoms with Gasteiger partial charge in [-0.05, 0) is 35.1 Å². The van der Waals surface area contributed by atoms with Gasteiger partial charge in [0, 0.05) is 27.1 Å². The van der Waals surface area contributed by atoms with Crippen molar-refractivity contribution in [2.45, 2.75) is 29.0 Å². The average molecular weight is 324 g/mol. The van der Waals surface area contributed by atoms with Crippen molar-refractivity contribution in [3.63, 3.8) is 0 Å². The standard InChI is InChI=1S/C16H18ClNS2/c1-2-19-15-8-5-9-16(13(15)10-18)20-11-12-6-3-4-7-14(12)17/h3-9H,2,10-11,18H2,1H3. The Balaban J connectivity index is 2.17. The van der Waals surface area contributed by atoms with Crippen LogP contribution in [0.3, 0.4) is 0 Å². The lowest BCUT2D eigenvalue weighted by molar-refractivity contribution is 0.980. The van der Waals surface area contributed by atoms with Crippen molar-refractivity contribution in [3.8, 4) is 0 Å². The van der Waals surface area contributed by atoms with Crippen LogP contribution in [-0.2, 0) is 12.3 Å². The highest BCUT2D eigenvalue weighted by molar-refractivity contribution is 7.99. The lowest BCUT2D eigenvalue weighted by Gasteiger charge is -2.12. The maximum Gasteiger partial charge on any atom is 0.0446 e. The van der Waals surface area contributed by atoms with Crippen molar-refractivity contribution in [1.29, 1.82) is 0 Å². The lowest BCUT2D eigenvalue weighted by Crippen LogP contribution is -2.01. The van der Waals surface area contributed by atoms with Crippen LogP contribution >= 0.6 is 35.1 Å². The van der Waals surface area contributed by atoms with Gasteiger partial charge in [0.2, 0.25) is 0 Å². The van der Waals surface area contributed by atoms with Crippen LogP contribution in [0.15, 0.2) is 52.3 Å². The molecule has 0 amide bonds. The molecule has 0 aromatic heterocycles. The van der Waals surface area contributed by atoms with Gasteiger partial charge in [-0.1, -0.05) is 42.8 Å². The summed E-state index contributed by atoms with van der Waals surface area (Å²) in [7, 11) is 0. The van der Waals surface area contributed by atoms with E-state index in [1.165, 1.54) is 15.4 Å². The van der Waals surface area contributed by atoms with E-state index in [1.807, 2.05) is 30.0 Å². The van der Waals surface area contributed by atoms with Crippen LogP contribution in [0.2, 0.25) is 5.02 Å². The Labute approximate surface area is 134 Å². The van der Waals surface area contributed by atoms with Gasteiger partial charge in [0.15, 0.2) is 0 Å². The number of thioether (sulfide) groups is 2. The van der Waals surface area contributed by atoms with E-state index in [4.69, 9.17) is 17.3 Å². The number of rotatable bonds is 6. The highest BCUT2D eigenvalue weighted by Gasteiger charge is 2.08. The summed E-state index contributed by atoms with van der Waals surface area (Å²) in [4.78, 5) is 2.55. The van der Waals surface area contributed by atoms with E-state index < -0.39 is 0 Å². The predicted molar refractivity (Wildman–Crippen MR) is 91.7 cm³/mol. The quantitative estimate of drug-likeness (QED) is 0.740. The Morgan fingerprint density at radius 2 is 1.70 bits per heavy atom. The normalized spacial score (nSPS) is 10.8. The van der Waals surface area contributed by atoms with Crippen molar-refractivity contribution in [1.82, 2.24) is 0 Å². The highest BCUT2D eigenvalue weighted by atomic mass is 35.5. The van der Waals surface area contributed by atoms with Crippen LogP contribution in [0, 0.1) is 0 Å². The van der Waals surface area contributed by atoms with Crippen LogP contribution in [0.25, 0.3) is 0 Å². The van der Waals surface area contributed by atoms with Gasteiger partial charge in [-0.2, -0.15) is 0 Å². The van der Waals surface area contributed by atoms with Crippen molar-refractivity contribution in [2.75, 3.05) is 5.75 Å². The zero-order valence-electron chi connectivity index (χ0n) is 11.4. The Kier molecular flexibility index (Phi) is 6.30. The largest absolute Gasteiger partial charge is 0.326 e. The molecule has 4 heteroatoms. The summed E-state index contributed by atoms with van der Waals surface area (Å²) in [6, 6.07) is 14.4. The van der Waals surface area contributed by atoms with Gasteiger partial charge in [0.05, 0.1) is 0 Å². The number of halogens is 1. The Hall–Kier alpha value is -0.610. The molecule has 0 unspecified atom stereocenters. The molecule has 0 heterocycles. The van der Waals surface area contributed by atoms with Gasteiger partial charge < -0.3 is 5.73 Å². The molecule has 2 N–H and O–H groups in total. The average Bonchev–Trinajstić information content (AvgIpc) is 2.47. The Bertz CT molecular complexity index is 572. The highest BCUT2D eigenvalue weighted by Crippen LogP contribution is 2.33. The van der Waals surface area contributed by atoms with Gasteiger partial charge in [0.1, 0.15) is 0 Å². The van der Waals surface area contributed by atoms with Crippen LogP contribution in [0.1, 0.15) is 18.1 Å². The van der Waals surface area contributed by atoms with E-state index in [0.29, 0.717) is 6.54 Å². The van der Waals surface area contributed by atoms with Gasteiger partial charge in [0.25, 0.3) is 0 Å². The Morgan fingerprint density at radius 3 is 2.35 bits per heavy atom. The summed E-state index contributed by atoms with van der Waals surface area (Å²) in [6.45, 7) is 2.74. The third-order valence-corrected chi connectivity index (χ3v) is 5.43. The SMILES string of the molecule is CCSc1cccc(SCc2ccccc2Cl)c1CN. The fourth-order valence-electron chi connectivity index (χ4n) is 1.94. The maximum absolute atomic E-state index is 6.20. The third-order valence-electron chi connectivity index (χ3n) is 2.94. The Morgan fingerprint density at radius 1 is 1.00 bits per heavy atom. The monoisotopic (exact) mass is 323 g/mol. The van der Waals surface area contributed by atoms with E-state index >= 15 is 0 Å². The predicted octanol–water partition coefficient (Wildman–Crippen LogP) is 5.20. The smallest absolute Gasteiger partial charge is 0.0446 e. The van der Waals surface area contributed by atoms with Crippen LogP contribution in [0.5, 0.6) is 0 Å². The molecule has 0 fully saturated rings. The molecule has 2 rings (SSSR count). The summed E-state index contributed by atoms with van der Waals surface area (Å²) in [5.41, 5.74) is 8.34. The molecule has 0 aliphatic rings. The molecule has 0 aliphatic carbocycles. The number of benzene rings is 2. The first-order valence-corrected chi connectivity index (χ1v) is 8.92. The molecule has 0 spiro atoms. The van der Waals surface area contributed by atoms with E-state index in [0.717, 1.165) is 22.1 Å². The number of hydrogen-bond donors (Lipinski definition) is 1. The maximum atomic E-state index is 6.20. The molecule has 2 aromatic rings. The van der Waals surface area contributed by atoms with Crippen molar-refractivity contribution >= 4 is 35.1 Å². The van der Waals surface area contributed by atoms with Crippen molar-refractivity contribution < 1.29 is 0 Å².